The Labute approximate surface area is 124 Å². The van der Waals surface area contributed by atoms with E-state index in [4.69, 9.17) is 4.74 Å². The number of amides is 1. The summed E-state index contributed by atoms with van der Waals surface area (Å²) in [4.78, 5) is 12.6. The second-order valence-electron chi connectivity index (χ2n) is 6.66. The van der Waals surface area contributed by atoms with Crippen LogP contribution in [0.3, 0.4) is 0 Å². The summed E-state index contributed by atoms with van der Waals surface area (Å²) < 4.78 is 5.31. The smallest absolute Gasteiger partial charge is 0.228 e. The van der Waals surface area contributed by atoms with Gasteiger partial charge in [-0.05, 0) is 45.2 Å². The van der Waals surface area contributed by atoms with Gasteiger partial charge in [0.15, 0.2) is 0 Å². The van der Waals surface area contributed by atoms with Gasteiger partial charge in [0.2, 0.25) is 5.91 Å². The summed E-state index contributed by atoms with van der Waals surface area (Å²) in [6.45, 7) is 8.92. The van der Waals surface area contributed by atoms with Gasteiger partial charge in [-0.3, -0.25) is 4.79 Å². The predicted molar refractivity (Wildman–Crippen MR) is 82.7 cm³/mol. The molecule has 1 aliphatic heterocycles. The number of rotatable bonds is 8. The van der Waals surface area contributed by atoms with Gasteiger partial charge in [0, 0.05) is 13.2 Å². The molecule has 0 bridgehead atoms. The number of methoxy groups -OCH3 is 1. The number of carbonyl (C=O) groups excluding carboxylic acids is 1. The molecular formula is C16H32N2O2. The molecule has 20 heavy (non-hydrogen) atoms. The maximum Gasteiger partial charge on any atom is 0.228 e. The molecule has 0 saturated carbocycles. The zero-order valence-corrected chi connectivity index (χ0v) is 13.6. The van der Waals surface area contributed by atoms with E-state index in [0.717, 1.165) is 38.3 Å². The Morgan fingerprint density at radius 3 is 2.45 bits per heavy atom. The highest BCUT2D eigenvalue weighted by Crippen LogP contribution is 2.29. The van der Waals surface area contributed by atoms with Crippen LogP contribution < -0.4 is 10.6 Å². The minimum Gasteiger partial charge on any atom is -0.384 e. The highest BCUT2D eigenvalue weighted by atomic mass is 16.5. The van der Waals surface area contributed by atoms with E-state index < -0.39 is 0 Å². The lowest BCUT2D eigenvalue weighted by Crippen LogP contribution is -2.52. The summed E-state index contributed by atoms with van der Waals surface area (Å²) in [6.07, 6.45) is 5.20. The third-order valence-corrected chi connectivity index (χ3v) is 4.26. The van der Waals surface area contributed by atoms with Crippen molar-refractivity contribution in [3.8, 4) is 0 Å². The minimum atomic E-state index is -0.327. The van der Waals surface area contributed by atoms with Crippen LogP contribution in [0.15, 0.2) is 0 Å². The van der Waals surface area contributed by atoms with Crippen LogP contribution in [0, 0.1) is 11.3 Å². The largest absolute Gasteiger partial charge is 0.384 e. The van der Waals surface area contributed by atoms with Crippen molar-refractivity contribution < 1.29 is 9.53 Å². The first-order valence-electron chi connectivity index (χ1n) is 8.01. The summed E-state index contributed by atoms with van der Waals surface area (Å²) in [5.41, 5.74) is -0.327. The van der Waals surface area contributed by atoms with Gasteiger partial charge >= 0.3 is 0 Å². The topological polar surface area (TPSA) is 50.4 Å². The van der Waals surface area contributed by atoms with E-state index in [2.05, 4.69) is 31.4 Å². The molecule has 118 valence electrons. The van der Waals surface area contributed by atoms with Crippen LogP contribution in [0.2, 0.25) is 0 Å². The Morgan fingerprint density at radius 1 is 1.25 bits per heavy atom. The second-order valence-corrected chi connectivity index (χ2v) is 6.66. The van der Waals surface area contributed by atoms with Crippen LogP contribution in [0.4, 0.5) is 0 Å². The highest BCUT2D eigenvalue weighted by Gasteiger charge is 2.39. The van der Waals surface area contributed by atoms with Crippen molar-refractivity contribution in [2.24, 2.45) is 11.3 Å². The summed E-state index contributed by atoms with van der Waals surface area (Å²) in [7, 11) is 1.68. The Morgan fingerprint density at radius 2 is 1.90 bits per heavy atom. The summed E-state index contributed by atoms with van der Waals surface area (Å²) >= 11 is 0. The number of nitrogens with one attached hydrogen (secondary N) is 2. The molecule has 0 aromatic heterocycles. The third-order valence-electron chi connectivity index (χ3n) is 4.26. The van der Waals surface area contributed by atoms with E-state index in [1.165, 1.54) is 12.8 Å². The molecule has 0 aromatic carbocycles. The number of piperidine rings is 1. The van der Waals surface area contributed by atoms with Gasteiger partial charge in [-0.15, -0.1) is 0 Å². The van der Waals surface area contributed by atoms with Crippen LogP contribution >= 0.6 is 0 Å². The molecular weight excluding hydrogens is 252 g/mol. The Bertz CT molecular complexity index is 281. The Balaban J connectivity index is 2.45. The average molecular weight is 284 g/mol. The molecule has 1 unspecified atom stereocenters. The average Bonchev–Trinajstić information content (AvgIpc) is 2.39. The van der Waals surface area contributed by atoms with Gasteiger partial charge in [0.25, 0.3) is 0 Å². The van der Waals surface area contributed by atoms with Crippen molar-refractivity contribution in [3.63, 3.8) is 0 Å². The molecule has 0 aromatic rings. The van der Waals surface area contributed by atoms with Gasteiger partial charge in [0.05, 0.1) is 12.0 Å². The zero-order valence-electron chi connectivity index (χ0n) is 13.6. The molecule has 0 aliphatic carbocycles. The summed E-state index contributed by atoms with van der Waals surface area (Å²) in [5.74, 6) is 0.917. The molecule has 1 amide bonds. The van der Waals surface area contributed by atoms with E-state index >= 15 is 0 Å². The molecule has 0 spiro atoms. The fourth-order valence-electron chi connectivity index (χ4n) is 2.90. The molecule has 2 N–H and O–H groups in total. The molecule has 1 saturated heterocycles. The molecule has 1 aliphatic rings. The number of hydrogen-bond donors (Lipinski definition) is 2. The Kier molecular flexibility index (Phi) is 7.52. The summed E-state index contributed by atoms with van der Waals surface area (Å²) in [6, 6.07) is 0.255. The van der Waals surface area contributed by atoms with Crippen molar-refractivity contribution in [1.82, 2.24) is 10.6 Å². The normalized spacial score (nSPS) is 19.9. The maximum absolute atomic E-state index is 12.6. The highest BCUT2D eigenvalue weighted by molar-refractivity contribution is 5.83. The molecule has 1 heterocycles. The van der Waals surface area contributed by atoms with Gasteiger partial charge in [-0.2, -0.15) is 0 Å². The van der Waals surface area contributed by atoms with E-state index in [1.54, 1.807) is 7.11 Å². The van der Waals surface area contributed by atoms with Crippen LogP contribution in [0.1, 0.15) is 52.9 Å². The van der Waals surface area contributed by atoms with Crippen molar-refractivity contribution in [2.75, 3.05) is 26.8 Å². The monoisotopic (exact) mass is 284 g/mol. The molecule has 4 heteroatoms. The fourth-order valence-corrected chi connectivity index (χ4v) is 2.90. The van der Waals surface area contributed by atoms with Crippen LogP contribution in [0.5, 0.6) is 0 Å². The fraction of sp³-hybridized carbons (Fsp3) is 0.938. The first-order chi connectivity index (χ1) is 9.50. The number of ether oxygens (including phenoxy) is 1. The lowest BCUT2D eigenvalue weighted by molar-refractivity contribution is -0.136. The number of carbonyl (C=O) groups is 1. The number of hydrogen-bond acceptors (Lipinski definition) is 3. The van der Waals surface area contributed by atoms with E-state index in [9.17, 15) is 4.79 Å². The quantitative estimate of drug-likeness (QED) is 0.719. The lowest BCUT2D eigenvalue weighted by atomic mass is 9.78. The first kappa shape index (κ1) is 17.4. The minimum absolute atomic E-state index is 0.179. The maximum atomic E-state index is 12.6. The van der Waals surface area contributed by atoms with Crippen molar-refractivity contribution in [1.29, 1.82) is 0 Å². The standard InChI is InChI=1S/C16H32N2O2/c1-13(2)6-5-7-14(3)18-15(19)16(12-20-4)8-10-17-11-9-16/h13-14,17H,5-12H2,1-4H3,(H,18,19). The third kappa shape index (κ3) is 5.41. The second kappa shape index (κ2) is 8.63. The molecule has 1 fully saturated rings. The van der Waals surface area contributed by atoms with Crippen molar-refractivity contribution >= 4 is 5.91 Å². The van der Waals surface area contributed by atoms with Crippen LogP contribution in [0.25, 0.3) is 0 Å². The van der Waals surface area contributed by atoms with Crippen LogP contribution in [-0.2, 0) is 9.53 Å². The van der Waals surface area contributed by atoms with Crippen molar-refractivity contribution in [2.45, 2.75) is 58.9 Å². The van der Waals surface area contributed by atoms with Gasteiger partial charge in [-0.1, -0.05) is 26.7 Å². The first-order valence-corrected chi connectivity index (χ1v) is 8.01. The Hall–Kier alpha value is -0.610. The predicted octanol–water partition coefficient (Wildman–Crippen LogP) is 2.33. The van der Waals surface area contributed by atoms with Gasteiger partial charge in [0.1, 0.15) is 0 Å². The zero-order chi connectivity index (χ0) is 15.0. The van der Waals surface area contributed by atoms with Crippen molar-refractivity contribution in [3.05, 3.63) is 0 Å². The van der Waals surface area contributed by atoms with Crippen LogP contribution in [-0.4, -0.2) is 38.8 Å². The molecule has 1 atom stereocenters. The van der Waals surface area contributed by atoms with Gasteiger partial charge < -0.3 is 15.4 Å². The SMILES string of the molecule is COCC1(C(=O)NC(C)CCCC(C)C)CCNCC1. The lowest BCUT2D eigenvalue weighted by Gasteiger charge is -2.36. The summed E-state index contributed by atoms with van der Waals surface area (Å²) in [5, 5.41) is 6.52. The molecule has 0 radical (unpaired) electrons. The van der Waals surface area contributed by atoms with E-state index in [-0.39, 0.29) is 17.4 Å². The van der Waals surface area contributed by atoms with E-state index in [1.807, 2.05) is 0 Å². The van der Waals surface area contributed by atoms with Gasteiger partial charge in [-0.25, -0.2) is 0 Å². The molecule has 4 nitrogen and oxygen atoms in total. The molecule has 1 rings (SSSR count). The van der Waals surface area contributed by atoms with E-state index in [0.29, 0.717) is 6.61 Å².